The lowest BCUT2D eigenvalue weighted by Crippen LogP contribution is -2.47. The molecule has 0 aromatic heterocycles. The van der Waals surface area contributed by atoms with Gasteiger partial charge in [-0.1, -0.05) is 19.8 Å². The Morgan fingerprint density at radius 2 is 1.90 bits per heavy atom. The van der Waals surface area contributed by atoms with Gasteiger partial charge in [-0.05, 0) is 38.5 Å². The van der Waals surface area contributed by atoms with E-state index in [9.17, 15) is 9.59 Å². The third-order valence-corrected chi connectivity index (χ3v) is 4.48. The molecular weight excluding hydrogens is 256 g/mol. The van der Waals surface area contributed by atoms with Gasteiger partial charge < -0.3 is 15.3 Å². The third kappa shape index (κ3) is 4.69. The van der Waals surface area contributed by atoms with Crippen LogP contribution in [0.4, 0.5) is 4.79 Å². The topological polar surface area (TPSA) is 69.6 Å². The quantitative estimate of drug-likeness (QED) is 0.755. The summed E-state index contributed by atoms with van der Waals surface area (Å²) in [5.41, 5.74) is 0.255. The number of nitrogens with one attached hydrogen (secondary N) is 1. The molecule has 0 aromatic carbocycles. The number of nitrogens with zero attached hydrogens (tertiary/aromatic N) is 1. The molecular formula is C15H28N2O3. The van der Waals surface area contributed by atoms with Crippen molar-refractivity contribution in [2.24, 2.45) is 5.41 Å². The second-order valence-electron chi connectivity index (χ2n) is 6.15. The van der Waals surface area contributed by atoms with E-state index in [2.05, 4.69) is 12.2 Å². The SMILES string of the molecule is CCC1(CNC(=O)N(CCC(=O)O)C(C)C)CCCC1. The molecule has 2 N–H and O–H groups in total. The minimum Gasteiger partial charge on any atom is -0.481 e. The van der Waals surface area contributed by atoms with E-state index in [-0.39, 0.29) is 30.5 Å². The van der Waals surface area contributed by atoms with Crippen molar-refractivity contribution in [2.45, 2.75) is 65.3 Å². The van der Waals surface area contributed by atoms with Crippen LogP contribution in [0.5, 0.6) is 0 Å². The van der Waals surface area contributed by atoms with Crippen LogP contribution in [0, 0.1) is 5.41 Å². The Balaban J connectivity index is 2.51. The summed E-state index contributed by atoms with van der Waals surface area (Å²) in [6, 6.07) is -0.128. The number of hydrogen-bond acceptors (Lipinski definition) is 2. The number of rotatable bonds is 7. The Hall–Kier alpha value is -1.26. The fourth-order valence-electron chi connectivity index (χ4n) is 2.96. The van der Waals surface area contributed by atoms with Crippen molar-refractivity contribution < 1.29 is 14.7 Å². The van der Waals surface area contributed by atoms with Crippen LogP contribution in [0.15, 0.2) is 0 Å². The second kappa shape index (κ2) is 7.50. The first-order valence-corrected chi connectivity index (χ1v) is 7.66. The van der Waals surface area contributed by atoms with Gasteiger partial charge in [0.2, 0.25) is 0 Å². The zero-order chi connectivity index (χ0) is 15.2. The molecule has 1 aliphatic rings. The molecule has 1 fully saturated rings. The lowest BCUT2D eigenvalue weighted by Gasteiger charge is -2.31. The largest absolute Gasteiger partial charge is 0.481 e. The Morgan fingerprint density at radius 1 is 1.30 bits per heavy atom. The molecule has 5 nitrogen and oxygen atoms in total. The molecule has 0 bridgehead atoms. The second-order valence-corrected chi connectivity index (χ2v) is 6.15. The number of aliphatic carboxylic acids is 1. The summed E-state index contributed by atoms with van der Waals surface area (Å²) in [5.74, 6) is -0.871. The summed E-state index contributed by atoms with van der Waals surface area (Å²) in [6.07, 6.45) is 5.93. The van der Waals surface area contributed by atoms with Crippen LogP contribution in [0.1, 0.15) is 59.3 Å². The maximum absolute atomic E-state index is 12.2. The predicted octanol–water partition coefficient (Wildman–Crippen LogP) is 2.85. The summed E-state index contributed by atoms with van der Waals surface area (Å²) in [7, 11) is 0. The van der Waals surface area contributed by atoms with Gasteiger partial charge in [-0.3, -0.25) is 4.79 Å². The van der Waals surface area contributed by atoms with Crippen molar-refractivity contribution in [2.75, 3.05) is 13.1 Å². The van der Waals surface area contributed by atoms with Crippen LogP contribution in [-0.2, 0) is 4.79 Å². The van der Waals surface area contributed by atoms with E-state index >= 15 is 0 Å². The van der Waals surface area contributed by atoms with Crippen molar-refractivity contribution in [3.63, 3.8) is 0 Å². The number of hydrogen-bond donors (Lipinski definition) is 2. The number of carboxylic acids is 1. The van der Waals surface area contributed by atoms with Crippen molar-refractivity contribution in [3.8, 4) is 0 Å². The molecule has 20 heavy (non-hydrogen) atoms. The van der Waals surface area contributed by atoms with Crippen molar-refractivity contribution >= 4 is 12.0 Å². The van der Waals surface area contributed by atoms with Crippen molar-refractivity contribution in [3.05, 3.63) is 0 Å². The lowest BCUT2D eigenvalue weighted by molar-refractivity contribution is -0.137. The molecule has 0 aliphatic heterocycles. The van der Waals surface area contributed by atoms with Gasteiger partial charge in [0.05, 0.1) is 6.42 Å². The minimum atomic E-state index is -0.871. The molecule has 1 rings (SSSR count). The van der Waals surface area contributed by atoms with Gasteiger partial charge in [-0.25, -0.2) is 4.79 Å². The standard InChI is InChI=1S/C15H28N2O3/c1-4-15(8-5-6-9-15)11-16-14(20)17(12(2)3)10-7-13(18)19/h12H,4-11H2,1-3H3,(H,16,20)(H,18,19). The fraction of sp³-hybridized carbons (Fsp3) is 0.867. The molecule has 0 atom stereocenters. The molecule has 0 saturated heterocycles. The fourth-order valence-corrected chi connectivity index (χ4v) is 2.96. The summed E-state index contributed by atoms with van der Waals surface area (Å²) in [5, 5.41) is 11.8. The van der Waals surface area contributed by atoms with Crippen molar-refractivity contribution in [1.29, 1.82) is 0 Å². The van der Waals surface area contributed by atoms with E-state index < -0.39 is 5.97 Å². The summed E-state index contributed by atoms with van der Waals surface area (Å²) >= 11 is 0. The first kappa shape index (κ1) is 16.8. The predicted molar refractivity (Wildman–Crippen MR) is 78.7 cm³/mol. The summed E-state index contributed by atoms with van der Waals surface area (Å²) in [4.78, 5) is 24.5. The highest BCUT2D eigenvalue weighted by Gasteiger charge is 2.32. The summed E-state index contributed by atoms with van der Waals surface area (Å²) < 4.78 is 0. The highest BCUT2D eigenvalue weighted by molar-refractivity contribution is 5.75. The zero-order valence-electron chi connectivity index (χ0n) is 12.9. The first-order chi connectivity index (χ1) is 9.40. The van der Waals surface area contributed by atoms with Gasteiger partial charge in [0.1, 0.15) is 0 Å². The van der Waals surface area contributed by atoms with Crippen LogP contribution >= 0.6 is 0 Å². The van der Waals surface area contributed by atoms with E-state index in [1.807, 2.05) is 13.8 Å². The van der Waals surface area contributed by atoms with Crippen LogP contribution in [0.25, 0.3) is 0 Å². The van der Waals surface area contributed by atoms with Gasteiger partial charge >= 0.3 is 12.0 Å². The van der Waals surface area contributed by atoms with E-state index in [0.29, 0.717) is 6.54 Å². The lowest BCUT2D eigenvalue weighted by atomic mass is 9.83. The molecule has 116 valence electrons. The Labute approximate surface area is 121 Å². The van der Waals surface area contributed by atoms with Crippen LogP contribution in [-0.4, -0.2) is 41.1 Å². The zero-order valence-corrected chi connectivity index (χ0v) is 12.9. The van der Waals surface area contributed by atoms with E-state index in [1.165, 1.54) is 25.7 Å². The van der Waals surface area contributed by atoms with Gasteiger partial charge in [0.25, 0.3) is 0 Å². The first-order valence-electron chi connectivity index (χ1n) is 7.66. The number of urea groups is 1. The van der Waals surface area contributed by atoms with E-state index in [4.69, 9.17) is 5.11 Å². The van der Waals surface area contributed by atoms with Crippen molar-refractivity contribution in [1.82, 2.24) is 10.2 Å². The molecule has 0 spiro atoms. The number of carbonyl (C=O) groups is 2. The van der Waals surface area contributed by atoms with Crippen LogP contribution < -0.4 is 5.32 Å². The summed E-state index contributed by atoms with van der Waals surface area (Å²) in [6.45, 7) is 6.97. The highest BCUT2D eigenvalue weighted by Crippen LogP contribution is 2.40. The van der Waals surface area contributed by atoms with Crippen LogP contribution in [0.3, 0.4) is 0 Å². The molecule has 0 unspecified atom stereocenters. The third-order valence-electron chi connectivity index (χ3n) is 4.48. The average Bonchev–Trinajstić information content (AvgIpc) is 2.85. The molecule has 1 aliphatic carbocycles. The minimum absolute atomic E-state index is 0.00940. The number of carbonyl (C=O) groups excluding carboxylic acids is 1. The molecule has 0 radical (unpaired) electrons. The maximum atomic E-state index is 12.2. The monoisotopic (exact) mass is 284 g/mol. The number of amides is 2. The van der Waals surface area contributed by atoms with Crippen LogP contribution in [0.2, 0.25) is 0 Å². The Bertz CT molecular complexity index is 336. The molecule has 0 heterocycles. The molecule has 1 saturated carbocycles. The normalized spacial score (nSPS) is 17.2. The van der Waals surface area contributed by atoms with Gasteiger partial charge in [-0.15, -0.1) is 0 Å². The van der Waals surface area contributed by atoms with E-state index in [0.717, 1.165) is 6.42 Å². The smallest absolute Gasteiger partial charge is 0.317 e. The highest BCUT2D eigenvalue weighted by atomic mass is 16.4. The van der Waals surface area contributed by atoms with Gasteiger partial charge in [-0.2, -0.15) is 0 Å². The Morgan fingerprint density at radius 3 is 2.35 bits per heavy atom. The number of carboxylic acid groups (broad SMARTS) is 1. The maximum Gasteiger partial charge on any atom is 0.317 e. The Kier molecular flexibility index (Phi) is 6.30. The molecule has 0 aromatic rings. The van der Waals surface area contributed by atoms with E-state index in [1.54, 1.807) is 4.90 Å². The van der Waals surface area contributed by atoms with Gasteiger partial charge in [0, 0.05) is 19.1 Å². The van der Waals surface area contributed by atoms with Gasteiger partial charge in [0.15, 0.2) is 0 Å². The molecule has 2 amide bonds. The average molecular weight is 284 g/mol. The molecule has 5 heteroatoms.